The van der Waals surface area contributed by atoms with Crippen molar-refractivity contribution in [2.24, 2.45) is 0 Å². The van der Waals surface area contributed by atoms with Gasteiger partial charge in [0, 0.05) is 17.8 Å². The zero-order valence-corrected chi connectivity index (χ0v) is 16.0. The molecule has 140 valence electrons. The molecule has 3 aromatic rings. The van der Waals surface area contributed by atoms with Crippen molar-refractivity contribution < 1.29 is 9.53 Å². The largest absolute Gasteiger partial charge is 0.490 e. The molecule has 4 heteroatoms. The van der Waals surface area contributed by atoms with Gasteiger partial charge in [0.2, 0.25) is 0 Å². The van der Waals surface area contributed by atoms with E-state index in [1.165, 1.54) is 11.1 Å². The molecule has 0 saturated carbocycles. The second-order valence-electron chi connectivity index (χ2n) is 7.60. The van der Waals surface area contributed by atoms with Gasteiger partial charge in [0.1, 0.15) is 18.0 Å². The molecule has 2 aliphatic rings. The van der Waals surface area contributed by atoms with Crippen LogP contribution in [0.25, 0.3) is 0 Å². The number of nitrogens with one attached hydrogen (secondary N) is 1. The van der Waals surface area contributed by atoms with E-state index in [1.807, 2.05) is 59.5 Å². The quantitative estimate of drug-likeness (QED) is 0.683. The molecule has 1 N–H and O–H groups in total. The average molecular weight is 370 g/mol. The number of ether oxygens (including phenoxy) is 1. The Bertz CT molecular complexity index is 1060. The van der Waals surface area contributed by atoms with Gasteiger partial charge in [-0.25, -0.2) is 0 Å². The first-order valence-electron chi connectivity index (χ1n) is 9.65. The maximum atomic E-state index is 13.4. The maximum absolute atomic E-state index is 13.4. The average Bonchev–Trinajstić information content (AvgIpc) is 3.08. The molecule has 2 aliphatic heterocycles. The second-order valence-corrected chi connectivity index (χ2v) is 7.60. The van der Waals surface area contributed by atoms with Gasteiger partial charge >= 0.3 is 0 Å². The minimum absolute atomic E-state index is 0.00770. The molecule has 0 bridgehead atoms. The summed E-state index contributed by atoms with van der Waals surface area (Å²) in [6.07, 6.45) is 0.816. The van der Waals surface area contributed by atoms with Crippen molar-refractivity contribution in [1.29, 1.82) is 0 Å². The number of fused-ring (bicyclic) bond motifs is 2. The minimum atomic E-state index is -0.272. The lowest BCUT2D eigenvalue weighted by atomic mass is 10.00. The molecule has 4 nitrogen and oxygen atoms in total. The lowest BCUT2D eigenvalue weighted by molar-refractivity contribution is 0.0975. The summed E-state index contributed by atoms with van der Waals surface area (Å²) < 4.78 is 5.85. The third-order valence-corrected chi connectivity index (χ3v) is 5.47. The Morgan fingerprint density at radius 3 is 2.64 bits per heavy atom. The van der Waals surface area contributed by atoms with Crippen molar-refractivity contribution in [3.05, 3.63) is 89.0 Å². The molecule has 0 spiro atoms. The van der Waals surface area contributed by atoms with Crippen LogP contribution < -0.4 is 15.0 Å². The molecule has 0 saturated heterocycles. The molecule has 2 heterocycles. The van der Waals surface area contributed by atoms with Crippen LogP contribution in [0.15, 0.2) is 66.7 Å². The number of carbonyl (C=O) groups excluding carboxylic acids is 1. The smallest absolute Gasteiger partial charge is 0.262 e. The predicted molar refractivity (Wildman–Crippen MR) is 111 cm³/mol. The van der Waals surface area contributed by atoms with Gasteiger partial charge in [0.05, 0.1) is 5.56 Å². The Morgan fingerprint density at radius 2 is 1.82 bits per heavy atom. The molecule has 2 atom stereocenters. The van der Waals surface area contributed by atoms with E-state index in [2.05, 4.69) is 31.3 Å². The minimum Gasteiger partial charge on any atom is -0.490 e. The van der Waals surface area contributed by atoms with Crippen LogP contribution in [0.2, 0.25) is 0 Å². The fraction of sp³-hybridized carbons (Fsp3) is 0.208. The standard InChI is InChI=1S/C24H22N2O2/c1-15-7-10-19(11-8-15)26-23(25-21-6-4-3-5-20(21)24(26)27)17-9-12-22-18(14-17)13-16(2)28-22/h3-12,14,16,23,25H,13H2,1-2H3/t16-,23-/m0/s1. The van der Waals surface area contributed by atoms with Gasteiger partial charge < -0.3 is 10.1 Å². The van der Waals surface area contributed by atoms with E-state index in [4.69, 9.17) is 4.74 Å². The topological polar surface area (TPSA) is 41.6 Å². The molecule has 0 fully saturated rings. The summed E-state index contributed by atoms with van der Waals surface area (Å²) in [4.78, 5) is 15.3. The highest BCUT2D eigenvalue weighted by atomic mass is 16.5. The van der Waals surface area contributed by atoms with Crippen molar-refractivity contribution in [1.82, 2.24) is 0 Å². The highest BCUT2D eigenvalue weighted by Crippen LogP contribution is 2.39. The number of benzene rings is 3. The van der Waals surface area contributed by atoms with E-state index in [9.17, 15) is 4.79 Å². The summed E-state index contributed by atoms with van der Waals surface area (Å²) in [6, 6.07) is 22.0. The van der Waals surface area contributed by atoms with Crippen LogP contribution >= 0.6 is 0 Å². The van der Waals surface area contributed by atoms with Gasteiger partial charge in [-0.3, -0.25) is 9.69 Å². The number of amides is 1. The van der Waals surface area contributed by atoms with Gasteiger partial charge in [0.15, 0.2) is 0 Å². The van der Waals surface area contributed by atoms with E-state index >= 15 is 0 Å². The fourth-order valence-corrected chi connectivity index (χ4v) is 4.07. The van der Waals surface area contributed by atoms with E-state index in [1.54, 1.807) is 0 Å². The van der Waals surface area contributed by atoms with Crippen LogP contribution in [0.3, 0.4) is 0 Å². The van der Waals surface area contributed by atoms with Crippen LogP contribution in [0.4, 0.5) is 11.4 Å². The Kier molecular flexibility index (Phi) is 3.86. The maximum Gasteiger partial charge on any atom is 0.262 e. The van der Waals surface area contributed by atoms with E-state index in [0.29, 0.717) is 5.56 Å². The number of anilines is 2. The highest BCUT2D eigenvalue weighted by Gasteiger charge is 2.34. The van der Waals surface area contributed by atoms with Crippen molar-refractivity contribution in [3.8, 4) is 5.75 Å². The number of para-hydroxylation sites is 1. The summed E-state index contributed by atoms with van der Waals surface area (Å²) in [7, 11) is 0. The van der Waals surface area contributed by atoms with Crippen LogP contribution in [-0.4, -0.2) is 12.0 Å². The number of rotatable bonds is 2. The van der Waals surface area contributed by atoms with Gasteiger partial charge in [0.25, 0.3) is 5.91 Å². The summed E-state index contributed by atoms with van der Waals surface area (Å²) in [5.41, 5.74) is 5.86. The zero-order valence-electron chi connectivity index (χ0n) is 16.0. The Morgan fingerprint density at radius 1 is 1.04 bits per heavy atom. The first-order valence-corrected chi connectivity index (χ1v) is 9.65. The fourth-order valence-electron chi connectivity index (χ4n) is 4.07. The molecule has 0 radical (unpaired) electrons. The molecule has 0 aromatic heterocycles. The van der Waals surface area contributed by atoms with Crippen molar-refractivity contribution >= 4 is 17.3 Å². The van der Waals surface area contributed by atoms with E-state index in [0.717, 1.165) is 29.1 Å². The molecule has 0 unspecified atom stereocenters. The Balaban J connectivity index is 1.62. The van der Waals surface area contributed by atoms with Crippen LogP contribution in [0.5, 0.6) is 5.75 Å². The lowest BCUT2D eigenvalue weighted by Gasteiger charge is -2.38. The monoisotopic (exact) mass is 370 g/mol. The lowest BCUT2D eigenvalue weighted by Crippen LogP contribution is -2.43. The number of carbonyl (C=O) groups is 1. The summed E-state index contributed by atoms with van der Waals surface area (Å²) >= 11 is 0. The van der Waals surface area contributed by atoms with Crippen molar-refractivity contribution in [2.45, 2.75) is 32.5 Å². The molecular formula is C24H22N2O2. The van der Waals surface area contributed by atoms with Crippen molar-refractivity contribution in [3.63, 3.8) is 0 Å². The summed E-state index contributed by atoms with van der Waals surface area (Å²) in [6.45, 7) is 4.13. The molecule has 3 aromatic carbocycles. The van der Waals surface area contributed by atoms with Gasteiger partial charge in [-0.1, -0.05) is 35.9 Å². The van der Waals surface area contributed by atoms with E-state index in [-0.39, 0.29) is 18.2 Å². The van der Waals surface area contributed by atoms with E-state index < -0.39 is 0 Å². The SMILES string of the molecule is Cc1ccc(N2C(=O)c3ccccc3N[C@@H]2c2ccc3c(c2)C[C@H](C)O3)cc1. The zero-order chi connectivity index (χ0) is 19.3. The van der Waals surface area contributed by atoms with Gasteiger partial charge in [-0.15, -0.1) is 0 Å². The van der Waals surface area contributed by atoms with Gasteiger partial charge in [-0.05, 0) is 61.4 Å². The molecular weight excluding hydrogens is 348 g/mol. The van der Waals surface area contributed by atoms with Crippen LogP contribution in [0.1, 0.15) is 40.1 Å². The number of hydrogen-bond acceptors (Lipinski definition) is 3. The summed E-state index contributed by atoms with van der Waals surface area (Å²) in [5.74, 6) is 0.953. The normalized spacial score (nSPS) is 20.2. The first kappa shape index (κ1) is 16.9. The number of aryl methyl sites for hydroxylation is 1. The third kappa shape index (κ3) is 2.73. The number of hydrogen-bond donors (Lipinski definition) is 1. The first-order chi connectivity index (χ1) is 13.6. The highest BCUT2D eigenvalue weighted by molar-refractivity contribution is 6.12. The Hall–Kier alpha value is -3.27. The number of nitrogens with zero attached hydrogens (tertiary/aromatic N) is 1. The third-order valence-electron chi connectivity index (χ3n) is 5.47. The summed E-state index contributed by atoms with van der Waals surface area (Å²) in [5, 5.41) is 3.57. The van der Waals surface area contributed by atoms with Crippen LogP contribution in [0, 0.1) is 6.92 Å². The predicted octanol–water partition coefficient (Wildman–Crippen LogP) is 5.09. The van der Waals surface area contributed by atoms with Crippen LogP contribution in [-0.2, 0) is 6.42 Å². The van der Waals surface area contributed by atoms with Crippen molar-refractivity contribution in [2.75, 3.05) is 10.2 Å². The molecule has 5 rings (SSSR count). The van der Waals surface area contributed by atoms with Gasteiger partial charge in [-0.2, -0.15) is 0 Å². The molecule has 0 aliphatic carbocycles. The Labute approximate surface area is 164 Å². The molecule has 28 heavy (non-hydrogen) atoms. The second kappa shape index (κ2) is 6.41. The molecule has 1 amide bonds.